The van der Waals surface area contributed by atoms with Crippen LogP contribution in [0.3, 0.4) is 0 Å². The molecule has 18 heavy (non-hydrogen) atoms. The second-order valence-electron chi connectivity index (χ2n) is 5.26. The van der Waals surface area contributed by atoms with Crippen molar-refractivity contribution < 1.29 is 4.79 Å². The summed E-state index contributed by atoms with van der Waals surface area (Å²) < 4.78 is 0. The zero-order valence-corrected chi connectivity index (χ0v) is 11.1. The molecule has 1 unspecified atom stereocenters. The van der Waals surface area contributed by atoms with Gasteiger partial charge in [0.25, 0.3) is 0 Å². The summed E-state index contributed by atoms with van der Waals surface area (Å²) in [6.45, 7) is 4.14. The second kappa shape index (κ2) is 5.85. The third-order valence-electron chi connectivity index (χ3n) is 3.32. The van der Waals surface area contributed by atoms with Gasteiger partial charge in [-0.3, -0.25) is 4.79 Å². The molecule has 0 saturated carbocycles. The van der Waals surface area contributed by atoms with Crippen molar-refractivity contribution in [2.24, 2.45) is 5.92 Å². The number of hydrogen-bond acceptors (Lipinski definition) is 1. The Bertz CT molecular complexity index is 448. The number of fused-ring (bicyclic) bond motifs is 1. The quantitative estimate of drug-likeness (QED) is 0.810. The van der Waals surface area contributed by atoms with E-state index >= 15 is 0 Å². The molecule has 0 bridgehead atoms. The standard InChI is InChI=1S/C16H21NO/c1-12(2)10-11-16(18)17-15-9-5-7-13-6-3-4-8-14(13)15/h3-4,6,8,10-12,15H,5,7,9H2,1-2H3,(H,17,18)/b11-10+. The molecule has 2 rings (SSSR count). The summed E-state index contributed by atoms with van der Waals surface area (Å²) >= 11 is 0. The SMILES string of the molecule is CC(C)/C=C/C(=O)NC1CCCc2ccccc21. The van der Waals surface area contributed by atoms with E-state index in [1.807, 2.05) is 12.1 Å². The zero-order valence-electron chi connectivity index (χ0n) is 11.1. The molecule has 2 nitrogen and oxygen atoms in total. The van der Waals surface area contributed by atoms with Crippen LogP contribution >= 0.6 is 0 Å². The number of allylic oxidation sites excluding steroid dienone is 1. The Kier molecular flexibility index (Phi) is 4.19. The van der Waals surface area contributed by atoms with Gasteiger partial charge in [-0.25, -0.2) is 0 Å². The van der Waals surface area contributed by atoms with Crippen LogP contribution in [0.1, 0.15) is 43.9 Å². The first-order valence-electron chi connectivity index (χ1n) is 6.73. The van der Waals surface area contributed by atoms with Gasteiger partial charge in [0, 0.05) is 0 Å². The average Bonchev–Trinajstić information content (AvgIpc) is 2.37. The Labute approximate surface area is 109 Å². The van der Waals surface area contributed by atoms with Gasteiger partial charge in [-0.2, -0.15) is 0 Å². The maximum Gasteiger partial charge on any atom is 0.244 e. The van der Waals surface area contributed by atoms with Gasteiger partial charge in [0.2, 0.25) is 5.91 Å². The van der Waals surface area contributed by atoms with Gasteiger partial charge >= 0.3 is 0 Å². The van der Waals surface area contributed by atoms with Gasteiger partial charge in [-0.05, 0) is 42.4 Å². The van der Waals surface area contributed by atoms with E-state index in [0.29, 0.717) is 5.92 Å². The number of hydrogen-bond donors (Lipinski definition) is 1. The number of carbonyl (C=O) groups is 1. The van der Waals surface area contributed by atoms with E-state index < -0.39 is 0 Å². The van der Waals surface area contributed by atoms with Gasteiger partial charge in [-0.15, -0.1) is 0 Å². The van der Waals surface area contributed by atoms with E-state index in [2.05, 4.69) is 37.4 Å². The van der Waals surface area contributed by atoms with E-state index in [0.717, 1.165) is 19.3 Å². The van der Waals surface area contributed by atoms with Crippen LogP contribution in [0, 0.1) is 5.92 Å². The number of carbonyl (C=O) groups excluding carboxylic acids is 1. The third kappa shape index (κ3) is 3.22. The summed E-state index contributed by atoms with van der Waals surface area (Å²) in [5.41, 5.74) is 2.66. The molecule has 0 heterocycles. The predicted molar refractivity (Wildman–Crippen MR) is 74.2 cm³/mol. The molecule has 1 aliphatic carbocycles. The molecule has 2 heteroatoms. The normalized spacial score (nSPS) is 18.9. The summed E-state index contributed by atoms with van der Waals surface area (Å²) in [6, 6.07) is 8.59. The maximum atomic E-state index is 11.8. The molecule has 0 fully saturated rings. The Hall–Kier alpha value is -1.57. The third-order valence-corrected chi connectivity index (χ3v) is 3.32. The largest absolute Gasteiger partial charge is 0.346 e. The molecule has 1 aromatic carbocycles. The molecule has 0 spiro atoms. The summed E-state index contributed by atoms with van der Waals surface area (Å²) in [5, 5.41) is 3.10. The minimum absolute atomic E-state index is 0.0189. The van der Waals surface area contributed by atoms with Crippen LogP contribution in [0.15, 0.2) is 36.4 Å². The number of aryl methyl sites for hydroxylation is 1. The molecule has 96 valence electrons. The lowest BCUT2D eigenvalue weighted by atomic mass is 9.88. The van der Waals surface area contributed by atoms with E-state index in [9.17, 15) is 4.79 Å². The summed E-state index contributed by atoms with van der Waals surface area (Å²) in [6.07, 6.45) is 6.91. The van der Waals surface area contributed by atoms with Crippen LogP contribution in [0.4, 0.5) is 0 Å². The van der Waals surface area contributed by atoms with Gasteiger partial charge in [0.1, 0.15) is 0 Å². The van der Waals surface area contributed by atoms with Gasteiger partial charge < -0.3 is 5.32 Å². The van der Waals surface area contributed by atoms with Crippen molar-refractivity contribution in [3.05, 3.63) is 47.5 Å². The lowest BCUT2D eigenvalue weighted by Gasteiger charge is -2.25. The van der Waals surface area contributed by atoms with Crippen LogP contribution in [0.2, 0.25) is 0 Å². The van der Waals surface area contributed by atoms with Crippen molar-refractivity contribution in [2.75, 3.05) is 0 Å². The van der Waals surface area contributed by atoms with E-state index in [1.54, 1.807) is 6.08 Å². The minimum Gasteiger partial charge on any atom is -0.346 e. The van der Waals surface area contributed by atoms with Crippen LogP contribution in [-0.4, -0.2) is 5.91 Å². The second-order valence-corrected chi connectivity index (χ2v) is 5.26. The van der Waals surface area contributed by atoms with E-state index in [4.69, 9.17) is 0 Å². The lowest BCUT2D eigenvalue weighted by molar-refractivity contribution is -0.117. The number of amides is 1. The average molecular weight is 243 g/mol. The monoisotopic (exact) mass is 243 g/mol. The van der Waals surface area contributed by atoms with Gasteiger partial charge in [-0.1, -0.05) is 44.2 Å². The maximum absolute atomic E-state index is 11.8. The van der Waals surface area contributed by atoms with Gasteiger partial charge in [0.15, 0.2) is 0 Å². The number of benzene rings is 1. The van der Waals surface area contributed by atoms with Crippen LogP contribution in [-0.2, 0) is 11.2 Å². The molecule has 1 amide bonds. The Balaban J connectivity index is 2.05. The van der Waals surface area contributed by atoms with Crippen molar-refractivity contribution in [1.82, 2.24) is 5.32 Å². The highest BCUT2D eigenvalue weighted by molar-refractivity contribution is 5.87. The summed E-state index contributed by atoms with van der Waals surface area (Å²) in [4.78, 5) is 11.8. The van der Waals surface area contributed by atoms with Crippen molar-refractivity contribution in [3.8, 4) is 0 Å². The molecular weight excluding hydrogens is 222 g/mol. The topological polar surface area (TPSA) is 29.1 Å². The first kappa shape index (κ1) is 12.9. The highest BCUT2D eigenvalue weighted by Crippen LogP contribution is 2.29. The fraction of sp³-hybridized carbons (Fsp3) is 0.438. The highest BCUT2D eigenvalue weighted by Gasteiger charge is 2.20. The summed E-state index contributed by atoms with van der Waals surface area (Å²) in [5.74, 6) is 0.430. The zero-order chi connectivity index (χ0) is 13.0. The van der Waals surface area contributed by atoms with E-state index in [-0.39, 0.29) is 11.9 Å². The van der Waals surface area contributed by atoms with Crippen molar-refractivity contribution in [3.63, 3.8) is 0 Å². The summed E-state index contributed by atoms with van der Waals surface area (Å²) in [7, 11) is 0. The van der Waals surface area contributed by atoms with Gasteiger partial charge in [0.05, 0.1) is 6.04 Å². The number of rotatable bonds is 3. The van der Waals surface area contributed by atoms with Crippen molar-refractivity contribution in [1.29, 1.82) is 0 Å². The highest BCUT2D eigenvalue weighted by atomic mass is 16.1. The first-order valence-corrected chi connectivity index (χ1v) is 6.73. The Morgan fingerprint density at radius 3 is 2.94 bits per heavy atom. The molecule has 1 atom stereocenters. The van der Waals surface area contributed by atoms with Crippen LogP contribution in [0.5, 0.6) is 0 Å². The fourth-order valence-corrected chi connectivity index (χ4v) is 2.40. The molecular formula is C16H21NO. The molecule has 0 aromatic heterocycles. The Morgan fingerprint density at radius 2 is 2.17 bits per heavy atom. The molecule has 0 aliphatic heterocycles. The predicted octanol–water partition coefficient (Wildman–Crippen LogP) is 3.39. The molecule has 0 radical (unpaired) electrons. The molecule has 1 aromatic rings. The molecule has 1 aliphatic rings. The van der Waals surface area contributed by atoms with Crippen molar-refractivity contribution >= 4 is 5.91 Å². The van der Waals surface area contributed by atoms with Crippen LogP contribution < -0.4 is 5.32 Å². The smallest absolute Gasteiger partial charge is 0.244 e. The van der Waals surface area contributed by atoms with Crippen molar-refractivity contribution in [2.45, 2.75) is 39.2 Å². The van der Waals surface area contributed by atoms with Crippen LogP contribution in [0.25, 0.3) is 0 Å². The Morgan fingerprint density at radius 1 is 1.39 bits per heavy atom. The molecule has 0 saturated heterocycles. The fourth-order valence-electron chi connectivity index (χ4n) is 2.40. The van der Waals surface area contributed by atoms with E-state index in [1.165, 1.54) is 11.1 Å². The minimum atomic E-state index is 0.0189. The lowest BCUT2D eigenvalue weighted by Crippen LogP contribution is -2.29. The molecule has 1 N–H and O–H groups in total. The number of nitrogens with one attached hydrogen (secondary N) is 1. The first-order chi connectivity index (χ1) is 8.66.